The Bertz CT molecular complexity index is 1510. The van der Waals surface area contributed by atoms with Crippen LogP contribution in [0.4, 0.5) is 10.5 Å². The van der Waals surface area contributed by atoms with Crippen molar-refractivity contribution in [2.24, 2.45) is 5.92 Å². The highest BCUT2D eigenvalue weighted by Gasteiger charge is 2.25. The van der Waals surface area contributed by atoms with Crippen molar-refractivity contribution in [3.05, 3.63) is 50.4 Å². The second-order valence-corrected chi connectivity index (χ2v) is 14.0. The molecule has 44 heavy (non-hydrogen) atoms. The first-order valence-electron chi connectivity index (χ1n) is 14.0. The molecule has 1 aromatic carbocycles. The van der Waals surface area contributed by atoms with Crippen molar-refractivity contribution in [1.29, 1.82) is 0 Å². The van der Waals surface area contributed by atoms with Crippen LogP contribution in [0.25, 0.3) is 0 Å². The number of hydrogen-bond acceptors (Lipinski definition) is 8. The summed E-state index contributed by atoms with van der Waals surface area (Å²) in [6.07, 6.45) is 1.79. The summed E-state index contributed by atoms with van der Waals surface area (Å²) in [4.78, 5) is 49.5. The molecular formula is C28H40Cl2N6O7S. The van der Waals surface area contributed by atoms with Crippen LogP contribution in [0.3, 0.4) is 0 Å². The van der Waals surface area contributed by atoms with E-state index in [0.717, 1.165) is 10.9 Å². The Kier molecular flexibility index (Phi) is 13.6. The van der Waals surface area contributed by atoms with Gasteiger partial charge in [0.25, 0.3) is 5.56 Å². The van der Waals surface area contributed by atoms with E-state index in [-0.39, 0.29) is 45.5 Å². The molecule has 1 aromatic heterocycles. The van der Waals surface area contributed by atoms with Crippen LogP contribution >= 0.6 is 23.2 Å². The zero-order chi connectivity index (χ0) is 33.2. The van der Waals surface area contributed by atoms with E-state index in [1.165, 1.54) is 12.1 Å². The fraction of sp³-hybridized carbons (Fsp3) is 0.536. The topological polar surface area (TPSA) is 178 Å². The summed E-state index contributed by atoms with van der Waals surface area (Å²) in [5.74, 6) is -0.828. The predicted octanol–water partition coefficient (Wildman–Crippen LogP) is 3.61. The standard InChI is InChI=1S/C28H40Cl2N6O7S/c1-17(2)13-21(35-27(40)43-28(4,5)6)25(38)31-11-7-8-12-33-44(41,42)22-14-19(10-9-18(22)3)34-23(37)16-36-26(39)24(30)20(29)15-32-36/h9-10,14-15,17,21,33H,7-8,11-13,16H2,1-6H3,(H,31,38)(H,34,37)(H,35,40)/t21-/m0/s1. The van der Waals surface area contributed by atoms with Crippen molar-refractivity contribution in [1.82, 2.24) is 25.1 Å². The second kappa shape index (κ2) is 16.2. The van der Waals surface area contributed by atoms with Gasteiger partial charge < -0.3 is 20.7 Å². The molecule has 0 fully saturated rings. The average Bonchev–Trinajstić information content (AvgIpc) is 2.90. The van der Waals surface area contributed by atoms with Gasteiger partial charge >= 0.3 is 6.09 Å². The minimum absolute atomic E-state index is 0.0295. The highest BCUT2D eigenvalue weighted by atomic mass is 35.5. The zero-order valence-electron chi connectivity index (χ0n) is 25.6. The van der Waals surface area contributed by atoms with Gasteiger partial charge in [-0.05, 0) is 70.6 Å². The fourth-order valence-corrected chi connectivity index (χ4v) is 5.50. The number of amides is 3. The van der Waals surface area contributed by atoms with Gasteiger partial charge in [0.2, 0.25) is 21.8 Å². The van der Waals surface area contributed by atoms with Gasteiger partial charge in [-0.15, -0.1) is 0 Å². The average molecular weight is 676 g/mol. The molecule has 13 nitrogen and oxygen atoms in total. The van der Waals surface area contributed by atoms with Crippen molar-refractivity contribution in [3.63, 3.8) is 0 Å². The van der Waals surface area contributed by atoms with E-state index in [9.17, 15) is 27.6 Å². The number of carbonyl (C=O) groups excluding carboxylic acids is 3. The summed E-state index contributed by atoms with van der Waals surface area (Å²) in [6.45, 7) is 10.6. The Labute approximate surface area is 267 Å². The number of alkyl carbamates (subject to hydrolysis) is 1. The summed E-state index contributed by atoms with van der Waals surface area (Å²) in [7, 11) is -3.93. The highest BCUT2D eigenvalue weighted by Crippen LogP contribution is 2.20. The highest BCUT2D eigenvalue weighted by molar-refractivity contribution is 7.89. The molecule has 244 valence electrons. The number of benzene rings is 1. The number of aryl methyl sites for hydroxylation is 1. The number of anilines is 1. The van der Waals surface area contributed by atoms with E-state index in [0.29, 0.717) is 24.8 Å². The predicted molar refractivity (Wildman–Crippen MR) is 168 cm³/mol. The number of nitrogens with zero attached hydrogens (tertiary/aromatic N) is 2. The third-order valence-corrected chi connectivity index (χ3v) is 8.26. The lowest BCUT2D eigenvalue weighted by Gasteiger charge is -2.24. The minimum atomic E-state index is -3.93. The van der Waals surface area contributed by atoms with Gasteiger partial charge in [0.15, 0.2) is 0 Å². The molecule has 0 spiro atoms. The quantitative estimate of drug-likeness (QED) is 0.220. The third kappa shape index (κ3) is 12.1. The van der Waals surface area contributed by atoms with Crippen LogP contribution in [0, 0.1) is 12.8 Å². The lowest BCUT2D eigenvalue weighted by atomic mass is 10.0. The van der Waals surface area contributed by atoms with Gasteiger partial charge in [-0.1, -0.05) is 43.1 Å². The number of hydrogen-bond donors (Lipinski definition) is 4. The van der Waals surface area contributed by atoms with Gasteiger partial charge in [-0.25, -0.2) is 22.6 Å². The Balaban J connectivity index is 1.89. The summed E-state index contributed by atoms with van der Waals surface area (Å²) < 4.78 is 34.6. The summed E-state index contributed by atoms with van der Waals surface area (Å²) in [5, 5.41) is 11.4. The molecule has 1 heterocycles. The monoisotopic (exact) mass is 674 g/mol. The molecule has 0 aliphatic rings. The van der Waals surface area contributed by atoms with E-state index in [1.807, 2.05) is 13.8 Å². The van der Waals surface area contributed by atoms with Gasteiger partial charge in [0.1, 0.15) is 23.2 Å². The van der Waals surface area contributed by atoms with Crippen molar-refractivity contribution < 1.29 is 27.5 Å². The van der Waals surface area contributed by atoms with Crippen LogP contribution in [0.1, 0.15) is 59.4 Å². The van der Waals surface area contributed by atoms with Gasteiger partial charge in [-0.2, -0.15) is 5.10 Å². The normalized spacial score (nSPS) is 12.5. The summed E-state index contributed by atoms with van der Waals surface area (Å²) >= 11 is 11.6. The van der Waals surface area contributed by atoms with Crippen LogP contribution in [0.5, 0.6) is 0 Å². The third-order valence-electron chi connectivity index (χ3n) is 5.91. The first-order chi connectivity index (χ1) is 20.4. The van der Waals surface area contributed by atoms with Crippen molar-refractivity contribution in [2.75, 3.05) is 18.4 Å². The molecule has 0 aliphatic heterocycles. The number of carbonyl (C=O) groups is 3. The van der Waals surface area contributed by atoms with E-state index in [1.54, 1.807) is 33.8 Å². The molecule has 2 aromatic rings. The van der Waals surface area contributed by atoms with Crippen LogP contribution in [-0.2, 0) is 30.9 Å². The molecule has 0 radical (unpaired) electrons. The van der Waals surface area contributed by atoms with E-state index in [4.69, 9.17) is 27.9 Å². The maximum atomic E-state index is 13.0. The lowest BCUT2D eigenvalue weighted by Crippen LogP contribution is -2.49. The molecule has 0 saturated heterocycles. The Hall–Kier alpha value is -3.20. The molecule has 0 aliphatic carbocycles. The first-order valence-corrected chi connectivity index (χ1v) is 16.2. The van der Waals surface area contributed by atoms with Crippen molar-refractivity contribution >= 4 is 56.8 Å². The second-order valence-electron chi connectivity index (χ2n) is 11.5. The number of sulfonamides is 1. The molecule has 2 rings (SSSR count). The van der Waals surface area contributed by atoms with Gasteiger partial charge in [0.05, 0.1) is 16.1 Å². The van der Waals surface area contributed by atoms with Gasteiger partial charge in [-0.3, -0.25) is 14.4 Å². The molecule has 4 N–H and O–H groups in total. The Morgan fingerprint density at radius 1 is 1.09 bits per heavy atom. The van der Waals surface area contributed by atoms with Crippen molar-refractivity contribution in [2.45, 2.75) is 83.9 Å². The SMILES string of the molecule is Cc1ccc(NC(=O)Cn2ncc(Cl)c(Cl)c2=O)cc1S(=O)(=O)NCCCCNC(=O)[C@H](CC(C)C)NC(=O)OC(C)(C)C. The number of rotatable bonds is 14. The van der Waals surface area contributed by atoms with E-state index in [2.05, 4.69) is 25.8 Å². The fourth-order valence-electron chi connectivity index (χ4n) is 3.88. The molecule has 0 saturated carbocycles. The van der Waals surface area contributed by atoms with Crippen molar-refractivity contribution in [3.8, 4) is 0 Å². The smallest absolute Gasteiger partial charge is 0.408 e. The number of aromatic nitrogens is 2. The number of nitrogens with one attached hydrogen (secondary N) is 4. The summed E-state index contributed by atoms with van der Waals surface area (Å²) in [5.41, 5.74) is -0.776. The largest absolute Gasteiger partial charge is 0.444 e. The van der Waals surface area contributed by atoms with Gasteiger partial charge in [0, 0.05) is 18.8 Å². The zero-order valence-corrected chi connectivity index (χ0v) is 28.0. The van der Waals surface area contributed by atoms with Crippen LogP contribution in [-0.4, -0.2) is 60.8 Å². The maximum Gasteiger partial charge on any atom is 0.408 e. The number of ether oxygens (including phenoxy) is 1. The van der Waals surface area contributed by atoms with Crippen LogP contribution in [0.15, 0.2) is 34.1 Å². The molecule has 0 bridgehead atoms. The molecule has 3 amide bonds. The van der Waals surface area contributed by atoms with E-state index >= 15 is 0 Å². The van der Waals surface area contributed by atoms with Crippen LogP contribution < -0.4 is 26.2 Å². The molecule has 0 unspecified atom stereocenters. The molecule has 1 atom stereocenters. The summed E-state index contributed by atoms with van der Waals surface area (Å²) in [6, 6.07) is 3.63. The number of unbranched alkanes of at least 4 members (excludes halogenated alkanes) is 1. The van der Waals surface area contributed by atoms with Crippen LogP contribution in [0.2, 0.25) is 10.0 Å². The minimum Gasteiger partial charge on any atom is -0.444 e. The molecule has 16 heteroatoms. The lowest BCUT2D eigenvalue weighted by molar-refractivity contribution is -0.123. The maximum absolute atomic E-state index is 13.0. The Morgan fingerprint density at radius 2 is 1.75 bits per heavy atom. The van der Waals surface area contributed by atoms with E-state index < -0.39 is 45.8 Å². The first kappa shape index (κ1) is 37.0. The number of halogens is 2. The molecular weight excluding hydrogens is 635 g/mol. The Morgan fingerprint density at radius 3 is 2.39 bits per heavy atom.